The van der Waals surface area contributed by atoms with Gasteiger partial charge in [0.25, 0.3) is 0 Å². The zero-order valence-corrected chi connectivity index (χ0v) is 11.5. The van der Waals surface area contributed by atoms with Gasteiger partial charge in [-0.25, -0.2) is 0 Å². The molecule has 0 spiro atoms. The average molecular weight is 237 g/mol. The lowest BCUT2D eigenvalue weighted by molar-refractivity contribution is 0.0826. The number of likely N-dealkylation sites (N-methyl/N-ethyl adjacent to an activating group) is 1. The molecular weight excluding hydrogens is 214 g/mol. The highest BCUT2D eigenvalue weighted by Gasteiger charge is 2.08. The maximum absolute atomic E-state index is 5.47. The van der Waals surface area contributed by atoms with Crippen LogP contribution in [0.2, 0.25) is 0 Å². The van der Waals surface area contributed by atoms with Gasteiger partial charge in [-0.1, -0.05) is 17.7 Å². The molecule has 0 atom stereocenters. The summed E-state index contributed by atoms with van der Waals surface area (Å²) in [4.78, 5) is 2.15. The second-order valence-electron chi connectivity index (χ2n) is 4.52. The van der Waals surface area contributed by atoms with Crippen LogP contribution >= 0.6 is 0 Å². The lowest BCUT2D eigenvalue weighted by atomic mass is 10.0. The minimum atomic E-state index is 0.660. The first-order valence-corrected chi connectivity index (χ1v) is 5.90. The molecule has 0 aromatic heterocycles. The zero-order valence-electron chi connectivity index (χ0n) is 11.5. The van der Waals surface area contributed by atoms with Crippen molar-refractivity contribution in [2.45, 2.75) is 20.3 Å². The fourth-order valence-corrected chi connectivity index (χ4v) is 2.12. The summed E-state index contributed by atoms with van der Waals surface area (Å²) in [5.41, 5.74) is 3.76. The molecule has 0 bridgehead atoms. The topological polar surface area (TPSA) is 21.7 Å². The van der Waals surface area contributed by atoms with E-state index in [0.717, 1.165) is 18.7 Å². The smallest absolute Gasteiger partial charge is 0.125 e. The van der Waals surface area contributed by atoms with Gasteiger partial charge in [0.2, 0.25) is 0 Å². The van der Waals surface area contributed by atoms with Crippen molar-refractivity contribution in [3.63, 3.8) is 0 Å². The van der Waals surface area contributed by atoms with Gasteiger partial charge in [0.1, 0.15) is 5.75 Å². The quantitative estimate of drug-likeness (QED) is 0.709. The molecule has 0 amide bonds. The number of hydrogen-bond donors (Lipinski definition) is 0. The Kier molecular flexibility index (Phi) is 5.45. The van der Waals surface area contributed by atoms with Gasteiger partial charge in [0.05, 0.1) is 13.8 Å². The van der Waals surface area contributed by atoms with E-state index in [1.807, 2.05) is 0 Å². The summed E-state index contributed by atoms with van der Waals surface area (Å²) in [5, 5.41) is 0. The van der Waals surface area contributed by atoms with E-state index in [9.17, 15) is 0 Å². The highest BCUT2D eigenvalue weighted by Crippen LogP contribution is 2.25. The van der Waals surface area contributed by atoms with E-state index in [4.69, 9.17) is 9.47 Å². The summed E-state index contributed by atoms with van der Waals surface area (Å²) >= 11 is 0. The summed E-state index contributed by atoms with van der Waals surface area (Å²) in [7, 11) is 5.51. The summed E-state index contributed by atoms with van der Waals surface area (Å²) < 4.78 is 10.6. The van der Waals surface area contributed by atoms with Crippen molar-refractivity contribution < 1.29 is 9.47 Å². The molecule has 0 fully saturated rings. The number of benzene rings is 1. The Hall–Kier alpha value is -1.06. The van der Waals surface area contributed by atoms with E-state index in [2.05, 4.69) is 37.9 Å². The molecule has 0 saturated carbocycles. The van der Waals surface area contributed by atoms with E-state index in [-0.39, 0.29) is 0 Å². The fraction of sp³-hybridized carbons (Fsp3) is 0.571. The van der Waals surface area contributed by atoms with Gasteiger partial charge in [-0.05, 0) is 38.4 Å². The second-order valence-corrected chi connectivity index (χ2v) is 4.52. The third kappa shape index (κ3) is 4.02. The van der Waals surface area contributed by atoms with Gasteiger partial charge in [-0.2, -0.15) is 0 Å². The first-order chi connectivity index (χ1) is 8.08. The number of ether oxygens (including phenoxy) is 2. The van der Waals surface area contributed by atoms with Crippen LogP contribution in [0.4, 0.5) is 0 Å². The molecule has 0 aliphatic heterocycles. The molecule has 0 unspecified atom stereocenters. The molecule has 3 heteroatoms. The maximum Gasteiger partial charge on any atom is 0.125 e. The second kappa shape index (κ2) is 6.62. The Morgan fingerprint density at radius 1 is 1.18 bits per heavy atom. The molecule has 0 aliphatic carbocycles. The molecule has 0 aliphatic rings. The van der Waals surface area contributed by atoms with Crippen LogP contribution in [0.25, 0.3) is 0 Å². The van der Waals surface area contributed by atoms with Gasteiger partial charge in [0, 0.05) is 13.7 Å². The van der Waals surface area contributed by atoms with E-state index in [1.54, 1.807) is 14.2 Å². The predicted molar refractivity (Wildman–Crippen MR) is 70.7 cm³/mol. The molecular formula is C14H23NO2. The summed E-state index contributed by atoms with van der Waals surface area (Å²) in [6.07, 6.45) is 0.978. The van der Waals surface area contributed by atoms with Crippen molar-refractivity contribution in [1.82, 2.24) is 4.90 Å². The van der Waals surface area contributed by atoms with Crippen LogP contribution in [0.5, 0.6) is 5.75 Å². The summed E-state index contributed by atoms with van der Waals surface area (Å²) in [6, 6.07) is 4.35. The normalized spacial score (nSPS) is 10.9. The minimum absolute atomic E-state index is 0.660. The Balaban J connectivity index is 2.75. The van der Waals surface area contributed by atoms with Gasteiger partial charge in [-0.3, -0.25) is 4.90 Å². The molecule has 0 radical (unpaired) electrons. The number of aryl methyl sites for hydroxylation is 2. The summed E-state index contributed by atoms with van der Waals surface area (Å²) in [6.45, 7) is 5.84. The number of methoxy groups -OCH3 is 2. The van der Waals surface area contributed by atoms with Gasteiger partial charge >= 0.3 is 0 Å². The Labute approximate surface area is 104 Å². The third-order valence-electron chi connectivity index (χ3n) is 2.81. The molecule has 96 valence electrons. The predicted octanol–water partition coefficient (Wildman–Crippen LogP) is 2.39. The van der Waals surface area contributed by atoms with E-state index in [1.165, 1.54) is 16.7 Å². The summed E-state index contributed by atoms with van der Waals surface area (Å²) in [5.74, 6) is 1.02. The first-order valence-electron chi connectivity index (χ1n) is 5.90. The van der Waals surface area contributed by atoms with Crippen LogP contribution in [0.1, 0.15) is 16.7 Å². The maximum atomic E-state index is 5.47. The Morgan fingerprint density at radius 3 is 2.47 bits per heavy atom. The lowest BCUT2D eigenvalue weighted by Crippen LogP contribution is -2.23. The van der Waals surface area contributed by atoms with Gasteiger partial charge < -0.3 is 9.47 Å². The van der Waals surface area contributed by atoms with Crippen LogP contribution in [-0.4, -0.2) is 39.4 Å². The van der Waals surface area contributed by atoms with Crippen molar-refractivity contribution >= 4 is 0 Å². The van der Waals surface area contributed by atoms with E-state index < -0.39 is 0 Å². The van der Waals surface area contributed by atoms with Crippen LogP contribution in [0.3, 0.4) is 0 Å². The number of rotatable bonds is 6. The fourth-order valence-electron chi connectivity index (χ4n) is 2.12. The van der Waals surface area contributed by atoms with E-state index >= 15 is 0 Å². The van der Waals surface area contributed by atoms with Crippen molar-refractivity contribution in [3.05, 3.63) is 28.8 Å². The SMILES string of the molecule is COCN(C)CCc1cc(C)cc(C)c1OC. The largest absolute Gasteiger partial charge is 0.496 e. The third-order valence-corrected chi connectivity index (χ3v) is 2.81. The average Bonchev–Trinajstić information content (AvgIpc) is 2.26. The van der Waals surface area contributed by atoms with Crippen LogP contribution in [0, 0.1) is 13.8 Å². The number of nitrogens with zero attached hydrogens (tertiary/aromatic N) is 1. The van der Waals surface area contributed by atoms with Crippen molar-refractivity contribution in [2.24, 2.45) is 0 Å². The van der Waals surface area contributed by atoms with Crippen molar-refractivity contribution in [3.8, 4) is 5.75 Å². The van der Waals surface area contributed by atoms with Gasteiger partial charge in [0.15, 0.2) is 0 Å². The Bertz CT molecular complexity index is 363. The molecule has 1 rings (SSSR count). The van der Waals surface area contributed by atoms with Crippen LogP contribution in [0.15, 0.2) is 12.1 Å². The zero-order chi connectivity index (χ0) is 12.8. The highest BCUT2D eigenvalue weighted by atomic mass is 16.5. The minimum Gasteiger partial charge on any atom is -0.496 e. The molecule has 3 nitrogen and oxygen atoms in total. The number of hydrogen-bond acceptors (Lipinski definition) is 3. The molecule has 0 heterocycles. The lowest BCUT2D eigenvalue weighted by Gasteiger charge is -2.17. The highest BCUT2D eigenvalue weighted by molar-refractivity contribution is 5.43. The molecule has 1 aromatic rings. The molecule has 0 N–H and O–H groups in total. The van der Waals surface area contributed by atoms with Crippen molar-refractivity contribution in [2.75, 3.05) is 34.5 Å². The molecule has 1 aromatic carbocycles. The molecule has 17 heavy (non-hydrogen) atoms. The molecule has 0 saturated heterocycles. The first kappa shape index (κ1) is 14.0. The van der Waals surface area contributed by atoms with Crippen LogP contribution in [-0.2, 0) is 11.2 Å². The Morgan fingerprint density at radius 2 is 1.88 bits per heavy atom. The van der Waals surface area contributed by atoms with Gasteiger partial charge in [-0.15, -0.1) is 0 Å². The standard InChI is InChI=1S/C14H23NO2/c1-11-8-12(2)14(17-5)13(9-11)6-7-15(3)10-16-4/h8-9H,6-7,10H2,1-5H3. The van der Waals surface area contributed by atoms with Crippen molar-refractivity contribution in [1.29, 1.82) is 0 Å². The van der Waals surface area contributed by atoms with Crippen LogP contribution < -0.4 is 4.74 Å². The monoisotopic (exact) mass is 237 g/mol. The van der Waals surface area contributed by atoms with E-state index in [0.29, 0.717) is 6.73 Å².